The number of piperidine rings is 1. The van der Waals surface area contributed by atoms with Crippen LogP contribution in [0.5, 0.6) is 5.75 Å². The Morgan fingerprint density at radius 2 is 2.06 bits per heavy atom. The summed E-state index contributed by atoms with van der Waals surface area (Å²) in [6.45, 7) is 4.44. The molecule has 0 saturated carbocycles. The summed E-state index contributed by atoms with van der Waals surface area (Å²) >= 11 is 0. The Balaban J connectivity index is 0.00000162. The third-order valence-electron chi connectivity index (χ3n) is 3.52. The van der Waals surface area contributed by atoms with Crippen molar-refractivity contribution >= 4 is 12.4 Å². The number of hydrogen-bond acceptors (Lipinski definition) is 3. The van der Waals surface area contributed by atoms with E-state index in [0.717, 1.165) is 19.0 Å². The van der Waals surface area contributed by atoms with Gasteiger partial charge in [-0.2, -0.15) is 0 Å². The minimum atomic E-state index is 0. The SMILES string of the molecule is CNCC1CCN(Cc2cccc(O)c2)CC1.Cl. The van der Waals surface area contributed by atoms with Gasteiger partial charge in [-0.25, -0.2) is 0 Å². The van der Waals surface area contributed by atoms with Crippen LogP contribution < -0.4 is 5.32 Å². The van der Waals surface area contributed by atoms with Crippen molar-refractivity contribution < 1.29 is 5.11 Å². The molecule has 0 aromatic heterocycles. The van der Waals surface area contributed by atoms with E-state index in [2.05, 4.69) is 16.3 Å². The number of aromatic hydroxyl groups is 1. The standard InChI is InChI=1S/C14H22N2O.ClH/c1-15-10-12-5-7-16(8-6-12)11-13-3-2-4-14(17)9-13;/h2-4,9,12,15,17H,5-8,10-11H2,1H3;1H. The predicted molar refractivity (Wildman–Crippen MR) is 77.3 cm³/mol. The molecular weight excluding hydrogens is 248 g/mol. The highest BCUT2D eigenvalue weighted by Crippen LogP contribution is 2.19. The van der Waals surface area contributed by atoms with Gasteiger partial charge >= 0.3 is 0 Å². The Labute approximate surface area is 116 Å². The Morgan fingerprint density at radius 3 is 2.67 bits per heavy atom. The zero-order valence-corrected chi connectivity index (χ0v) is 11.7. The fraction of sp³-hybridized carbons (Fsp3) is 0.571. The number of rotatable bonds is 4. The van der Waals surface area contributed by atoms with Crippen LogP contribution in [0, 0.1) is 5.92 Å². The first kappa shape index (κ1) is 15.3. The predicted octanol–water partition coefficient (Wildman–Crippen LogP) is 2.25. The molecule has 1 aromatic carbocycles. The topological polar surface area (TPSA) is 35.5 Å². The van der Waals surface area contributed by atoms with E-state index in [0.29, 0.717) is 5.75 Å². The van der Waals surface area contributed by atoms with E-state index in [4.69, 9.17) is 0 Å². The zero-order valence-electron chi connectivity index (χ0n) is 10.9. The highest BCUT2D eigenvalue weighted by molar-refractivity contribution is 5.85. The molecule has 0 aliphatic carbocycles. The number of nitrogens with one attached hydrogen (secondary N) is 1. The van der Waals surface area contributed by atoms with Gasteiger partial charge in [-0.1, -0.05) is 12.1 Å². The third-order valence-corrected chi connectivity index (χ3v) is 3.52. The van der Waals surface area contributed by atoms with Crippen molar-refractivity contribution in [2.24, 2.45) is 5.92 Å². The summed E-state index contributed by atoms with van der Waals surface area (Å²) in [5, 5.41) is 12.7. The van der Waals surface area contributed by atoms with Crippen LogP contribution in [0.2, 0.25) is 0 Å². The quantitative estimate of drug-likeness (QED) is 0.881. The smallest absolute Gasteiger partial charge is 0.115 e. The van der Waals surface area contributed by atoms with Crippen LogP contribution in [0.3, 0.4) is 0 Å². The number of halogens is 1. The lowest BCUT2D eigenvalue weighted by molar-refractivity contribution is 0.176. The van der Waals surface area contributed by atoms with Crippen molar-refractivity contribution in [1.82, 2.24) is 10.2 Å². The summed E-state index contributed by atoms with van der Waals surface area (Å²) in [5.74, 6) is 1.20. The van der Waals surface area contributed by atoms with Crippen LogP contribution in [0.1, 0.15) is 18.4 Å². The molecule has 1 aromatic rings. The van der Waals surface area contributed by atoms with Crippen LogP contribution in [0.4, 0.5) is 0 Å². The van der Waals surface area contributed by atoms with Crippen LogP contribution in [-0.2, 0) is 6.54 Å². The van der Waals surface area contributed by atoms with Crippen molar-refractivity contribution in [2.45, 2.75) is 19.4 Å². The van der Waals surface area contributed by atoms with Gasteiger partial charge in [0, 0.05) is 6.54 Å². The molecule has 3 nitrogen and oxygen atoms in total. The minimum absolute atomic E-state index is 0. The van der Waals surface area contributed by atoms with Gasteiger partial charge in [0.2, 0.25) is 0 Å². The van der Waals surface area contributed by atoms with Gasteiger partial charge in [0.25, 0.3) is 0 Å². The fourth-order valence-corrected chi connectivity index (χ4v) is 2.55. The van der Waals surface area contributed by atoms with Crippen molar-refractivity contribution in [3.8, 4) is 5.75 Å². The Morgan fingerprint density at radius 1 is 1.33 bits per heavy atom. The average Bonchev–Trinajstić information content (AvgIpc) is 2.32. The van der Waals surface area contributed by atoms with Gasteiger partial charge in [-0.3, -0.25) is 4.90 Å². The molecule has 4 heteroatoms. The van der Waals surface area contributed by atoms with E-state index in [1.54, 1.807) is 6.07 Å². The molecule has 0 amide bonds. The van der Waals surface area contributed by atoms with Gasteiger partial charge in [0.1, 0.15) is 5.75 Å². The van der Waals surface area contributed by atoms with Gasteiger partial charge in [0.05, 0.1) is 0 Å². The zero-order chi connectivity index (χ0) is 12.1. The monoisotopic (exact) mass is 270 g/mol. The van der Waals surface area contributed by atoms with E-state index in [1.807, 2.05) is 19.2 Å². The van der Waals surface area contributed by atoms with E-state index in [9.17, 15) is 5.11 Å². The summed E-state index contributed by atoms with van der Waals surface area (Å²) in [6.07, 6.45) is 2.55. The Hall–Kier alpha value is -0.770. The highest BCUT2D eigenvalue weighted by Gasteiger charge is 2.18. The minimum Gasteiger partial charge on any atom is -0.508 e. The Bertz CT molecular complexity index is 351. The molecule has 1 fully saturated rings. The molecule has 0 unspecified atom stereocenters. The summed E-state index contributed by atoms with van der Waals surface area (Å²) in [5.41, 5.74) is 1.21. The molecule has 1 aliphatic rings. The van der Waals surface area contributed by atoms with E-state index in [1.165, 1.54) is 31.5 Å². The molecule has 18 heavy (non-hydrogen) atoms. The lowest BCUT2D eigenvalue weighted by atomic mass is 9.96. The van der Waals surface area contributed by atoms with Crippen LogP contribution in [0.15, 0.2) is 24.3 Å². The van der Waals surface area contributed by atoms with Crippen molar-refractivity contribution in [3.63, 3.8) is 0 Å². The van der Waals surface area contributed by atoms with Crippen LogP contribution in [0.25, 0.3) is 0 Å². The lowest BCUT2D eigenvalue weighted by Gasteiger charge is -2.31. The third kappa shape index (κ3) is 4.48. The molecule has 0 bridgehead atoms. The maximum absolute atomic E-state index is 9.43. The molecule has 0 radical (unpaired) electrons. The average molecular weight is 271 g/mol. The summed E-state index contributed by atoms with van der Waals surface area (Å²) in [4.78, 5) is 2.47. The fourth-order valence-electron chi connectivity index (χ4n) is 2.55. The van der Waals surface area contributed by atoms with Crippen molar-refractivity contribution in [2.75, 3.05) is 26.7 Å². The lowest BCUT2D eigenvalue weighted by Crippen LogP contribution is -2.36. The van der Waals surface area contributed by atoms with Crippen molar-refractivity contribution in [3.05, 3.63) is 29.8 Å². The summed E-state index contributed by atoms with van der Waals surface area (Å²) in [6, 6.07) is 7.58. The second-order valence-electron chi connectivity index (χ2n) is 4.95. The van der Waals surface area contributed by atoms with Crippen LogP contribution >= 0.6 is 12.4 Å². The molecule has 0 atom stereocenters. The van der Waals surface area contributed by atoms with E-state index in [-0.39, 0.29) is 12.4 Å². The van der Waals surface area contributed by atoms with Crippen LogP contribution in [-0.4, -0.2) is 36.7 Å². The summed E-state index contributed by atoms with van der Waals surface area (Å²) in [7, 11) is 2.03. The number of phenols is 1. The first-order valence-corrected chi connectivity index (χ1v) is 6.43. The molecule has 0 spiro atoms. The van der Waals surface area contributed by atoms with E-state index >= 15 is 0 Å². The van der Waals surface area contributed by atoms with Gasteiger partial charge in [-0.15, -0.1) is 12.4 Å². The Kier molecular flexibility index (Phi) is 6.47. The number of nitrogens with zero attached hydrogens (tertiary/aromatic N) is 1. The first-order valence-electron chi connectivity index (χ1n) is 6.43. The molecule has 2 rings (SSSR count). The molecule has 1 aliphatic heterocycles. The van der Waals surface area contributed by atoms with Gasteiger partial charge in [0.15, 0.2) is 0 Å². The molecular formula is C14H23ClN2O. The number of phenolic OH excluding ortho intramolecular Hbond substituents is 1. The van der Waals surface area contributed by atoms with E-state index < -0.39 is 0 Å². The normalized spacial score (nSPS) is 17.4. The second kappa shape index (κ2) is 7.62. The largest absolute Gasteiger partial charge is 0.508 e. The first-order chi connectivity index (χ1) is 8.28. The molecule has 1 saturated heterocycles. The maximum atomic E-state index is 9.43. The maximum Gasteiger partial charge on any atom is 0.115 e. The van der Waals surface area contributed by atoms with Crippen molar-refractivity contribution in [1.29, 1.82) is 0 Å². The van der Waals surface area contributed by atoms with Gasteiger partial charge < -0.3 is 10.4 Å². The molecule has 102 valence electrons. The number of likely N-dealkylation sites (tertiary alicyclic amines) is 1. The van der Waals surface area contributed by atoms with Gasteiger partial charge in [-0.05, 0) is 63.1 Å². The number of hydrogen-bond donors (Lipinski definition) is 2. The molecule has 1 heterocycles. The molecule has 2 N–H and O–H groups in total. The number of benzene rings is 1. The summed E-state index contributed by atoms with van der Waals surface area (Å²) < 4.78 is 0. The highest BCUT2D eigenvalue weighted by atomic mass is 35.5. The second-order valence-corrected chi connectivity index (χ2v) is 4.95.